The van der Waals surface area contributed by atoms with Crippen LogP contribution < -0.4 is 10.5 Å². The van der Waals surface area contributed by atoms with Gasteiger partial charge in [-0.3, -0.25) is 0 Å². The van der Waals surface area contributed by atoms with E-state index in [2.05, 4.69) is 12.1 Å². The van der Waals surface area contributed by atoms with Gasteiger partial charge in [0.25, 0.3) is 0 Å². The van der Waals surface area contributed by atoms with Crippen LogP contribution in [0.3, 0.4) is 0 Å². The van der Waals surface area contributed by atoms with Gasteiger partial charge < -0.3 is 15.4 Å². The molecule has 2 rings (SSSR count). The summed E-state index contributed by atoms with van der Waals surface area (Å²) >= 11 is 0. The number of methoxy groups -OCH3 is 1. The average Bonchev–Trinajstić information content (AvgIpc) is 2.39. The number of rotatable bonds is 2. The first-order valence-electron chi connectivity index (χ1n) is 5.89. The smallest absolute Gasteiger partial charge is 0.314 e. The summed E-state index contributed by atoms with van der Waals surface area (Å²) in [7, 11) is 1.68. The Morgan fingerprint density at radius 2 is 2.12 bits per heavy atom. The number of piperidine rings is 1. The molecule has 0 radical (unpaired) electrons. The fraction of sp³-hybridized carbons (Fsp3) is 0.462. The van der Waals surface area contributed by atoms with Gasteiger partial charge in [-0.15, -0.1) is 0 Å². The molecule has 0 saturated carbocycles. The first-order valence-corrected chi connectivity index (χ1v) is 5.89. The molecule has 0 aromatic heterocycles. The number of urea groups is 1. The fourth-order valence-electron chi connectivity index (χ4n) is 2.33. The molecular formula is C13H18N2O2. The third-order valence-electron chi connectivity index (χ3n) is 3.37. The lowest BCUT2D eigenvalue weighted by molar-refractivity contribution is 0.190. The number of carbonyl (C=O) groups is 1. The van der Waals surface area contributed by atoms with E-state index >= 15 is 0 Å². The van der Waals surface area contributed by atoms with Gasteiger partial charge in [0.1, 0.15) is 5.75 Å². The number of primary amides is 1. The van der Waals surface area contributed by atoms with Crippen LogP contribution in [0.4, 0.5) is 4.79 Å². The highest BCUT2D eigenvalue weighted by atomic mass is 16.5. The van der Waals surface area contributed by atoms with Crippen LogP contribution in [-0.2, 0) is 0 Å². The number of likely N-dealkylation sites (tertiary alicyclic amines) is 1. The zero-order valence-corrected chi connectivity index (χ0v) is 10.1. The van der Waals surface area contributed by atoms with Crippen LogP contribution in [0.5, 0.6) is 5.75 Å². The van der Waals surface area contributed by atoms with Gasteiger partial charge in [-0.2, -0.15) is 0 Å². The molecule has 0 atom stereocenters. The van der Waals surface area contributed by atoms with Gasteiger partial charge >= 0.3 is 6.03 Å². The SMILES string of the molecule is COc1cccc(C2CCN(C(N)=O)CC2)c1. The zero-order chi connectivity index (χ0) is 12.3. The molecule has 0 aliphatic carbocycles. The molecule has 1 aromatic carbocycles. The number of ether oxygens (including phenoxy) is 1. The van der Waals surface area contributed by atoms with Crippen molar-refractivity contribution in [2.75, 3.05) is 20.2 Å². The van der Waals surface area contributed by atoms with Crippen LogP contribution in [0, 0.1) is 0 Å². The van der Waals surface area contributed by atoms with E-state index in [9.17, 15) is 4.79 Å². The second-order valence-corrected chi connectivity index (χ2v) is 4.38. The monoisotopic (exact) mass is 234 g/mol. The van der Waals surface area contributed by atoms with E-state index in [-0.39, 0.29) is 6.03 Å². The third-order valence-corrected chi connectivity index (χ3v) is 3.37. The summed E-state index contributed by atoms with van der Waals surface area (Å²) in [5.74, 6) is 1.39. The summed E-state index contributed by atoms with van der Waals surface area (Å²) < 4.78 is 5.22. The summed E-state index contributed by atoms with van der Waals surface area (Å²) in [5, 5.41) is 0. The van der Waals surface area contributed by atoms with E-state index in [1.165, 1.54) is 5.56 Å². The van der Waals surface area contributed by atoms with Crippen molar-refractivity contribution < 1.29 is 9.53 Å². The predicted molar refractivity (Wildman–Crippen MR) is 66.1 cm³/mol. The minimum atomic E-state index is -0.311. The molecule has 0 bridgehead atoms. The number of benzene rings is 1. The van der Waals surface area contributed by atoms with E-state index in [4.69, 9.17) is 10.5 Å². The molecule has 1 saturated heterocycles. The highest BCUT2D eigenvalue weighted by Crippen LogP contribution is 2.29. The summed E-state index contributed by atoms with van der Waals surface area (Å²) in [6.45, 7) is 1.49. The van der Waals surface area contributed by atoms with Gasteiger partial charge in [0.15, 0.2) is 0 Å². The third kappa shape index (κ3) is 2.70. The van der Waals surface area contributed by atoms with Crippen molar-refractivity contribution >= 4 is 6.03 Å². The first kappa shape index (κ1) is 11.8. The van der Waals surface area contributed by atoms with Crippen molar-refractivity contribution in [2.45, 2.75) is 18.8 Å². The Hall–Kier alpha value is -1.71. The van der Waals surface area contributed by atoms with Crippen LogP contribution in [0.25, 0.3) is 0 Å². The Kier molecular flexibility index (Phi) is 3.52. The Morgan fingerprint density at radius 3 is 2.71 bits per heavy atom. The topological polar surface area (TPSA) is 55.6 Å². The average molecular weight is 234 g/mol. The van der Waals surface area contributed by atoms with E-state index in [0.29, 0.717) is 5.92 Å². The molecule has 1 aliphatic heterocycles. The summed E-state index contributed by atoms with van der Waals surface area (Å²) in [4.78, 5) is 12.7. The quantitative estimate of drug-likeness (QED) is 0.850. The number of hydrogen-bond acceptors (Lipinski definition) is 2. The number of amides is 2. The number of nitrogens with two attached hydrogens (primary N) is 1. The van der Waals surface area contributed by atoms with Crippen molar-refractivity contribution in [1.82, 2.24) is 4.90 Å². The lowest BCUT2D eigenvalue weighted by Gasteiger charge is -2.31. The minimum Gasteiger partial charge on any atom is -0.497 e. The molecule has 2 amide bonds. The molecule has 4 heteroatoms. The molecule has 92 valence electrons. The lowest BCUT2D eigenvalue weighted by atomic mass is 9.89. The molecule has 0 spiro atoms. The normalized spacial score (nSPS) is 16.9. The minimum absolute atomic E-state index is 0.311. The van der Waals surface area contributed by atoms with Gasteiger partial charge in [-0.25, -0.2) is 4.79 Å². The summed E-state index contributed by atoms with van der Waals surface area (Å²) in [6, 6.07) is 7.84. The van der Waals surface area contributed by atoms with Gasteiger partial charge in [-0.05, 0) is 36.5 Å². The first-order chi connectivity index (χ1) is 8.20. The lowest BCUT2D eigenvalue weighted by Crippen LogP contribution is -2.41. The van der Waals surface area contributed by atoms with E-state index in [1.54, 1.807) is 12.0 Å². The number of carbonyl (C=O) groups excluding carboxylic acids is 1. The van der Waals surface area contributed by atoms with Crippen LogP contribution in [0.1, 0.15) is 24.3 Å². The maximum atomic E-state index is 11.0. The van der Waals surface area contributed by atoms with Crippen LogP contribution >= 0.6 is 0 Å². The molecule has 0 unspecified atom stereocenters. The molecule has 1 fully saturated rings. The predicted octanol–water partition coefficient (Wildman–Crippen LogP) is 1.95. The highest BCUT2D eigenvalue weighted by Gasteiger charge is 2.22. The second kappa shape index (κ2) is 5.08. The maximum absolute atomic E-state index is 11.0. The summed E-state index contributed by atoms with van der Waals surface area (Å²) in [5.41, 5.74) is 6.55. The Morgan fingerprint density at radius 1 is 1.41 bits per heavy atom. The van der Waals surface area contributed by atoms with Gasteiger partial charge in [0.2, 0.25) is 0 Å². The Bertz CT molecular complexity index is 398. The number of nitrogens with zero attached hydrogens (tertiary/aromatic N) is 1. The van der Waals surface area contributed by atoms with E-state index in [0.717, 1.165) is 31.7 Å². The molecule has 17 heavy (non-hydrogen) atoms. The molecule has 2 N–H and O–H groups in total. The molecule has 1 heterocycles. The maximum Gasteiger partial charge on any atom is 0.314 e. The molecule has 4 nitrogen and oxygen atoms in total. The molecule has 1 aromatic rings. The van der Waals surface area contributed by atoms with E-state index in [1.807, 2.05) is 12.1 Å². The highest BCUT2D eigenvalue weighted by molar-refractivity contribution is 5.72. The van der Waals surface area contributed by atoms with Crippen molar-refractivity contribution in [3.63, 3.8) is 0 Å². The van der Waals surface area contributed by atoms with Gasteiger partial charge in [-0.1, -0.05) is 12.1 Å². The van der Waals surface area contributed by atoms with Gasteiger partial charge in [0, 0.05) is 13.1 Å². The van der Waals surface area contributed by atoms with Crippen LogP contribution in [0.2, 0.25) is 0 Å². The largest absolute Gasteiger partial charge is 0.497 e. The molecule has 1 aliphatic rings. The van der Waals surface area contributed by atoms with Crippen LogP contribution in [-0.4, -0.2) is 31.1 Å². The van der Waals surface area contributed by atoms with Crippen molar-refractivity contribution in [3.8, 4) is 5.75 Å². The van der Waals surface area contributed by atoms with Crippen molar-refractivity contribution in [3.05, 3.63) is 29.8 Å². The Labute approximate surface area is 101 Å². The zero-order valence-electron chi connectivity index (χ0n) is 10.1. The number of hydrogen-bond donors (Lipinski definition) is 1. The standard InChI is InChI=1S/C13H18N2O2/c1-17-12-4-2-3-11(9-12)10-5-7-15(8-6-10)13(14)16/h2-4,9-10H,5-8H2,1H3,(H2,14,16). The van der Waals surface area contributed by atoms with Gasteiger partial charge in [0.05, 0.1) is 7.11 Å². The van der Waals surface area contributed by atoms with Crippen LogP contribution in [0.15, 0.2) is 24.3 Å². The summed E-state index contributed by atoms with van der Waals surface area (Å²) in [6.07, 6.45) is 1.94. The fourth-order valence-corrected chi connectivity index (χ4v) is 2.33. The van der Waals surface area contributed by atoms with Crippen molar-refractivity contribution in [1.29, 1.82) is 0 Å². The van der Waals surface area contributed by atoms with Crippen molar-refractivity contribution in [2.24, 2.45) is 5.73 Å². The molecular weight excluding hydrogens is 216 g/mol. The second-order valence-electron chi connectivity index (χ2n) is 4.38. The van der Waals surface area contributed by atoms with E-state index < -0.39 is 0 Å². The Balaban J connectivity index is 2.02.